The van der Waals surface area contributed by atoms with E-state index < -0.39 is 8.32 Å². The van der Waals surface area contributed by atoms with Gasteiger partial charge in [-0.25, -0.2) is 0 Å². The van der Waals surface area contributed by atoms with Crippen molar-refractivity contribution in [3.8, 4) is 0 Å². The molecule has 0 rings (SSSR count). The quantitative estimate of drug-likeness (QED) is 0.673. The average molecular weight is 339 g/mol. The van der Waals surface area contributed by atoms with Crippen LogP contribution in [0.25, 0.3) is 0 Å². The Labute approximate surface area is 75.1 Å². The Balaban J connectivity index is 0. The monoisotopic (exact) mass is 339 g/mol. The molecule has 0 heterocycles. The van der Waals surface area contributed by atoms with Crippen LogP contribution in [0.3, 0.4) is 0 Å². The molecule has 0 aromatic carbocycles. The van der Waals surface area contributed by atoms with Crippen LogP contribution in [0.2, 0.25) is 6.55 Å². The van der Waals surface area contributed by atoms with Crippen LogP contribution in [0.5, 0.6) is 0 Å². The van der Waals surface area contributed by atoms with Gasteiger partial charge in [-0.2, -0.15) is 0 Å². The van der Waals surface area contributed by atoms with E-state index in [1.807, 2.05) is 11.4 Å². The molecule has 4 heteroatoms. The first-order valence-electron chi connectivity index (χ1n) is 2.51. The predicted molar refractivity (Wildman–Crippen MR) is 43.0 cm³/mol. The summed E-state index contributed by atoms with van der Waals surface area (Å²) in [7, 11) is -0.797. The molecular formula is C5H12OPtSi2. The maximum atomic E-state index is 5.28. The van der Waals surface area contributed by atoms with E-state index in [2.05, 4.69) is 19.7 Å². The fourth-order valence-corrected chi connectivity index (χ4v) is 1.75. The van der Waals surface area contributed by atoms with Gasteiger partial charge in [0.15, 0.2) is 0 Å². The Morgan fingerprint density at radius 3 is 1.78 bits per heavy atom. The van der Waals surface area contributed by atoms with Crippen LogP contribution in [-0.2, 0) is 25.2 Å². The van der Waals surface area contributed by atoms with Crippen molar-refractivity contribution in [2.24, 2.45) is 0 Å². The van der Waals surface area contributed by atoms with Crippen LogP contribution in [-0.4, -0.2) is 18.8 Å². The maximum absolute atomic E-state index is 5.28. The zero-order valence-corrected chi connectivity index (χ0v) is 11.1. The van der Waals surface area contributed by atoms with Crippen LogP contribution >= 0.6 is 0 Å². The summed E-state index contributed by atoms with van der Waals surface area (Å²) in [5.74, 6) is 0. The largest absolute Gasteiger partial charge is 0.458 e. The second-order valence-corrected chi connectivity index (χ2v) is 6.61. The summed E-state index contributed by atoms with van der Waals surface area (Å²) < 4.78 is 5.28. The minimum absolute atomic E-state index is 0. The molecule has 0 unspecified atom stereocenters. The second-order valence-electron chi connectivity index (χ2n) is 1.80. The van der Waals surface area contributed by atoms with Gasteiger partial charge in [-0.1, -0.05) is 11.4 Å². The first-order valence-corrected chi connectivity index (χ1v) is 5.89. The molecule has 0 radical (unpaired) electrons. The summed E-state index contributed by atoms with van der Waals surface area (Å²) in [5.41, 5.74) is 3.76. The van der Waals surface area contributed by atoms with Crippen LogP contribution in [0.15, 0.2) is 24.6 Å². The molecule has 0 N–H and O–H groups in total. The van der Waals surface area contributed by atoms with Crippen molar-refractivity contribution in [1.82, 2.24) is 0 Å². The summed E-state index contributed by atoms with van der Waals surface area (Å²) in [6.45, 7) is 9.39. The van der Waals surface area contributed by atoms with Crippen LogP contribution in [0.1, 0.15) is 0 Å². The van der Waals surface area contributed by atoms with Crippen molar-refractivity contribution in [3.63, 3.8) is 0 Å². The van der Waals surface area contributed by atoms with Crippen molar-refractivity contribution in [2.45, 2.75) is 6.55 Å². The third-order valence-corrected chi connectivity index (χ3v) is 6.39. The molecule has 1 nitrogen and oxygen atoms in total. The van der Waals surface area contributed by atoms with Crippen molar-refractivity contribution in [1.29, 1.82) is 0 Å². The molecule has 0 saturated carbocycles. The smallest absolute Gasteiger partial charge is 0.225 e. The Hall–Kier alpha value is 0.562. The SMILES string of the molecule is C=C[Si](C)(C=C)O[SiH3].[Pt]. The van der Waals surface area contributed by atoms with E-state index in [1.54, 1.807) is 0 Å². The minimum atomic E-state index is -1.58. The molecule has 0 aliphatic heterocycles. The van der Waals surface area contributed by atoms with Crippen molar-refractivity contribution >= 4 is 18.8 Å². The van der Waals surface area contributed by atoms with E-state index >= 15 is 0 Å². The van der Waals surface area contributed by atoms with E-state index in [0.29, 0.717) is 0 Å². The Kier molecular flexibility index (Phi) is 7.29. The van der Waals surface area contributed by atoms with E-state index in [9.17, 15) is 0 Å². The standard InChI is InChI=1S/C5H12OSi2.Pt/c1-4-8(3,5-2)6-7;/h4-5H,1-2H2,3,7H3;. The summed E-state index contributed by atoms with van der Waals surface area (Å²) in [4.78, 5) is 0. The summed E-state index contributed by atoms with van der Waals surface area (Å²) in [6, 6.07) is 0. The maximum Gasteiger partial charge on any atom is 0.225 e. The first-order chi connectivity index (χ1) is 3.68. The van der Waals surface area contributed by atoms with E-state index in [1.165, 1.54) is 0 Å². The average Bonchev–Trinajstić information content (AvgIpc) is 1.87. The van der Waals surface area contributed by atoms with Gasteiger partial charge in [-0.3, -0.25) is 0 Å². The van der Waals surface area contributed by atoms with E-state index in [4.69, 9.17) is 4.12 Å². The van der Waals surface area contributed by atoms with Gasteiger partial charge in [0.25, 0.3) is 0 Å². The number of hydrogen-bond acceptors (Lipinski definition) is 1. The molecular weight excluding hydrogens is 327 g/mol. The molecule has 0 atom stereocenters. The third-order valence-electron chi connectivity index (χ3n) is 1.25. The van der Waals surface area contributed by atoms with Crippen molar-refractivity contribution in [3.05, 3.63) is 24.6 Å². The minimum Gasteiger partial charge on any atom is -0.458 e. The van der Waals surface area contributed by atoms with Crippen LogP contribution < -0.4 is 0 Å². The fourth-order valence-electron chi connectivity index (χ4n) is 0.250. The van der Waals surface area contributed by atoms with Crippen LogP contribution in [0, 0.1) is 0 Å². The van der Waals surface area contributed by atoms with Gasteiger partial charge in [0.2, 0.25) is 8.32 Å². The summed E-state index contributed by atoms with van der Waals surface area (Å²) in [6.07, 6.45) is 0. The number of hydrogen-bond donors (Lipinski definition) is 0. The van der Waals surface area contributed by atoms with Crippen LogP contribution in [0.4, 0.5) is 0 Å². The van der Waals surface area contributed by atoms with Gasteiger partial charge in [-0.15, -0.1) is 13.2 Å². The van der Waals surface area contributed by atoms with E-state index in [0.717, 1.165) is 10.5 Å². The molecule has 0 spiro atoms. The van der Waals surface area contributed by atoms with Gasteiger partial charge in [0.05, 0.1) is 0 Å². The Bertz CT molecular complexity index is 97.1. The molecule has 0 aliphatic carbocycles. The number of rotatable bonds is 3. The molecule has 0 saturated heterocycles. The first kappa shape index (κ1) is 12.3. The van der Waals surface area contributed by atoms with Crippen molar-refractivity contribution in [2.75, 3.05) is 0 Å². The zero-order chi connectivity index (χ0) is 6.62. The van der Waals surface area contributed by atoms with Gasteiger partial charge in [0.1, 0.15) is 10.5 Å². The molecule has 0 bridgehead atoms. The van der Waals surface area contributed by atoms with Gasteiger partial charge in [0, 0.05) is 21.1 Å². The van der Waals surface area contributed by atoms with Gasteiger partial charge >= 0.3 is 0 Å². The molecule has 0 aliphatic rings. The molecule has 0 aromatic heterocycles. The predicted octanol–water partition coefficient (Wildman–Crippen LogP) is 0.307. The zero-order valence-electron chi connectivity index (χ0n) is 5.79. The fraction of sp³-hybridized carbons (Fsp3) is 0.200. The molecule has 0 aromatic rings. The summed E-state index contributed by atoms with van der Waals surface area (Å²) >= 11 is 0. The normalized spacial score (nSPS) is 9.89. The molecule has 0 fully saturated rings. The molecule has 0 amide bonds. The van der Waals surface area contributed by atoms with Gasteiger partial charge < -0.3 is 4.12 Å². The summed E-state index contributed by atoms with van der Waals surface area (Å²) in [5, 5.41) is 0. The Morgan fingerprint density at radius 2 is 1.78 bits per heavy atom. The molecule has 9 heavy (non-hydrogen) atoms. The van der Waals surface area contributed by atoms with Gasteiger partial charge in [-0.05, 0) is 6.55 Å². The molecule has 56 valence electrons. The Morgan fingerprint density at radius 1 is 1.44 bits per heavy atom. The van der Waals surface area contributed by atoms with Crippen molar-refractivity contribution < 1.29 is 25.2 Å². The van der Waals surface area contributed by atoms with E-state index in [-0.39, 0.29) is 21.1 Å². The second kappa shape index (κ2) is 5.35. The topological polar surface area (TPSA) is 9.23 Å². The third kappa shape index (κ3) is 4.03.